The molecule has 0 radical (unpaired) electrons. The first-order chi connectivity index (χ1) is 7.97. The molecule has 0 spiro atoms. The van der Waals surface area contributed by atoms with Crippen LogP contribution in [0.1, 0.15) is 44.0 Å². The normalized spacial score (nSPS) is 23.6. The van der Waals surface area contributed by atoms with Crippen LogP contribution < -0.4 is 11.1 Å². The molecule has 94 valence electrons. The fourth-order valence-electron chi connectivity index (χ4n) is 1.85. The van der Waals surface area contributed by atoms with E-state index < -0.39 is 0 Å². The molecule has 0 atom stereocenters. The molecule has 0 aliphatic heterocycles. The second-order valence-electron chi connectivity index (χ2n) is 5.06. The standard InChI is InChI=1S/C12H20N4O/c1-6(2)11-15-10(13)7(3)12(16-11)14-8-4-9(17)5-8/h6,8-9,17H,4-5H2,1-3H3,(H3,13,14,15,16). The van der Waals surface area contributed by atoms with Crippen LogP contribution in [0.15, 0.2) is 0 Å². The first-order valence-electron chi connectivity index (χ1n) is 6.06. The van der Waals surface area contributed by atoms with Crippen molar-refractivity contribution >= 4 is 11.6 Å². The van der Waals surface area contributed by atoms with Crippen molar-refractivity contribution in [3.63, 3.8) is 0 Å². The Morgan fingerprint density at radius 1 is 1.35 bits per heavy atom. The van der Waals surface area contributed by atoms with Gasteiger partial charge in [-0.15, -0.1) is 0 Å². The molecule has 1 aliphatic carbocycles. The van der Waals surface area contributed by atoms with Crippen molar-refractivity contribution < 1.29 is 5.11 Å². The van der Waals surface area contributed by atoms with Crippen molar-refractivity contribution in [1.29, 1.82) is 0 Å². The molecular weight excluding hydrogens is 216 g/mol. The van der Waals surface area contributed by atoms with Crippen molar-refractivity contribution in [2.75, 3.05) is 11.1 Å². The number of nitrogens with one attached hydrogen (secondary N) is 1. The Morgan fingerprint density at radius 3 is 2.53 bits per heavy atom. The van der Waals surface area contributed by atoms with Crippen molar-refractivity contribution in [2.45, 2.75) is 51.7 Å². The maximum absolute atomic E-state index is 9.27. The highest BCUT2D eigenvalue weighted by molar-refractivity contribution is 5.55. The molecule has 5 nitrogen and oxygen atoms in total. The van der Waals surface area contributed by atoms with Crippen molar-refractivity contribution in [1.82, 2.24) is 9.97 Å². The Morgan fingerprint density at radius 2 is 2.00 bits per heavy atom. The summed E-state index contributed by atoms with van der Waals surface area (Å²) in [7, 11) is 0. The van der Waals surface area contributed by atoms with Gasteiger partial charge in [0.1, 0.15) is 17.5 Å². The van der Waals surface area contributed by atoms with Crippen molar-refractivity contribution in [3.8, 4) is 0 Å². The Kier molecular flexibility index (Phi) is 3.19. The van der Waals surface area contributed by atoms with Crippen LogP contribution in [0.5, 0.6) is 0 Å². The summed E-state index contributed by atoms with van der Waals surface area (Å²) in [5.41, 5.74) is 6.77. The number of nitrogens with two attached hydrogens (primary N) is 1. The maximum atomic E-state index is 9.27. The van der Waals surface area contributed by atoms with Gasteiger partial charge >= 0.3 is 0 Å². The molecule has 17 heavy (non-hydrogen) atoms. The molecule has 1 aliphatic rings. The molecule has 1 heterocycles. The van der Waals surface area contributed by atoms with Gasteiger partial charge in [-0.2, -0.15) is 0 Å². The zero-order valence-electron chi connectivity index (χ0n) is 10.6. The molecule has 0 amide bonds. The van der Waals surface area contributed by atoms with Gasteiger partial charge in [-0.1, -0.05) is 13.8 Å². The van der Waals surface area contributed by atoms with E-state index in [4.69, 9.17) is 5.73 Å². The minimum Gasteiger partial charge on any atom is -0.393 e. The molecule has 1 aromatic rings. The van der Waals surface area contributed by atoms with E-state index in [2.05, 4.69) is 15.3 Å². The molecule has 0 aromatic carbocycles. The highest BCUT2D eigenvalue weighted by Crippen LogP contribution is 2.27. The molecule has 5 heteroatoms. The SMILES string of the molecule is Cc1c(N)nc(C(C)C)nc1NC1CC(O)C1. The first kappa shape index (κ1) is 12.1. The minimum atomic E-state index is -0.170. The fourth-order valence-corrected chi connectivity index (χ4v) is 1.85. The first-order valence-corrected chi connectivity index (χ1v) is 6.06. The van der Waals surface area contributed by atoms with Crippen molar-refractivity contribution in [2.24, 2.45) is 0 Å². The van der Waals surface area contributed by atoms with Crippen LogP contribution in [0.3, 0.4) is 0 Å². The van der Waals surface area contributed by atoms with Gasteiger partial charge in [-0.05, 0) is 19.8 Å². The van der Waals surface area contributed by atoms with Gasteiger partial charge in [0.15, 0.2) is 0 Å². The van der Waals surface area contributed by atoms with Crippen LogP contribution in [-0.2, 0) is 0 Å². The highest BCUT2D eigenvalue weighted by Gasteiger charge is 2.28. The predicted molar refractivity (Wildman–Crippen MR) is 67.9 cm³/mol. The summed E-state index contributed by atoms with van der Waals surface area (Å²) in [6.07, 6.45) is 1.39. The Labute approximate surface area is 101 Å². The summed E-state index contributed by atoms with van der Waals surface area (Å²) in [4.78, 5) is 8.77. The molecule has 2 rings (SSSR count). The van der Waals surface area contributed by atoms with Crippen molar-refractivity contribution in [3.05, 3.63) is 11.4 Å². The van der Waals surface area contributed by atoms with Gasteiger partial charge in [-0.25, -0.2) is 9.97 Å². The zero-order chi connectivity index (χ0) is 12.6. The van der Waals surface area contributed by atoms with E-state index in [0.29, 0.717) is 11.9 Å². The van der Waals surface area contributed by atoms with Gasteiger partial charge in [0.25, 0.3) is 0 Å². The monoisotopic (exact) mass is 236 g/mol. The number of hydrogen-bond acceptors (Lipinski definition) is 5. The summed E-state index contributed by atoms with van der Waals surface area (Å²) in [5.74, 6) is 2.35. The molecular formula is C12H20N4O. The van der Waals surface area contributed by atoms with Gasteiger partial charge in [0, 0.05) is 17.5 Å². The van der Waals surface area contributed by atoms with Gasteiger partial charge in [0.2, 0.25) is 0 Å². The summed E-state index contributed by atoms with van der Waals surface area (Å²) in [5, 5.41) is 12.6. The number of aliphatic hydroxyl groups is 1. The molecule has 0 bridgehead atoms. The van der Waals surface area contributed by atoms with Crippen LogP contribution in [0, 0.1) is 6.92 Å². The topological polar surface area (TPSA) is 84.1 Å². The number of aliphatic hydroxyl groups excluding tert-OH is 1. The van der Waals surface area contributed by atoms with E-state index in [1.54, 1.807) is 0 Å². The number of nitrogens with zero attached hydrogens (tertiary/aromatic N) is 2. The van der Waals surface area contributed by atoms with Crippen LogP contribution in [-0.4, -0.2) is 27.2 Å². The molecule has 0 saturated heterocycles. The van der Waals surface area contributed by atoms with Gasteiger partial charge < -0.3 is 16.2 Å². The van der Waals surface area contributed by atoms with E-state index in [0.717, 1.165) is 30.0 Å². The number of anilines is 2. The Balaban J connectivity index is 2.19. The summed E-state index contributed by atoms with van der Waals surface area (Å²) < 4.78 is 0. The van der Waals surface area contributed by atoms with E-state index in [1.807, 2.05) is 20.8 Å². The number of rotatable bonds is 3. The highest BCUT2D eigenvalue weighted by atomic mass is 16.3. The lowest BCUT2D eigenvalue weighted by molar-refractivity contribution is 0.0835. The van der Waals surface area contributed by atoms with E-state index in [-0.39, 0.29) is 12.0 Å². The van der Waals surface area contributed by atoms with E-state index in [9.17, 15) is 5.11 Å². The summed E-state index contributed by atoms with van der Waals surface area (Å²) >= 11 is 0. The number of nitrogen functional groups attached to an aromatic ring is 1. The summed E-state index contributed by atoms with van der Waals surface area (Å²) in [6.45, 7) is 6.00. The summed E-state index contributed by atoms with van der Waals surface area (Å²) in [6, 6.07) is 0.304. The molecule has 1 aromatic heterocycles. The van der Waals surface area contributed by atoms with Crippen LogP contribution in [0.2, 0.25) is 0 Å². The largest absolute Gasteiger partial charge is 0.393 e. The van der Waals surface area contributed by atoms with E-state index in [1.165, 1.54) is 0 Å². The van der Waals surface area contributed by atoms with Crippen LogP contribution in [0.25, 0.3) is 0 Å². The molecule has 1 fully saturated rings. The maximum Gasteiger partial charge on any atom is 0.135 e. The predicted octanol–water partition coefficient (Wildman–Crippen LogP) is 1.43. The smallest absolute Gasteiger partial charge is 0.135 e. The third-order valence-corrected chi connectivity index (χ3v) is 3.17. The lowest BCUT2D eigenvalue weighted by Crippen LogP contribution is -2.39. The number of aromatic nitrogens is 2. The van der Waals surface area contributed by atoms with E-state index >= 15 is 0 Å². The number of hydrogen-bond donors (Lipinski definition) is 3. The van der Waals surface area contributed by atoms with Gasteiger partial charge in [-0.3, -0.25) is 0 Å². The van der Waals surface area contributed by atoms with Crippen LogP contribution in [0.4, 0.5) is 11.6 Å². The average Bonchev–Trinajstić information content (AvgIpc) is 2.21. The second kappa shape index (κ2) is 4.49. The Hall–Kier alpha value is -1.36. The molecule has 1 saturated carbocycles. The third kappa shape index (κ3) is 2.49. The third-order valence-electron chi connectivity index (χ3n) is 3.17. The molecule has 4 N–H and O–H groups in total. The average molecular weight is 236 g/mol. The Bertz CT molecular complexity index is 413. The lowest BCUT2D eigenvalue weighted by atomic mass is 9.89. The molecule has 0 unspecified atom stereocenters. The zero-order valence-corrected chi connectivity index (χ0v) is 10.6. The lowest BCUT2D eigenvalue weighted by Gasteiger charge is -2.33. The van der Waals surface area contributed by atoms with Crippen LogP contribution >= 0.6 is 0 Å². The minimum absolute atomic E-state index is 0.170. The second-order valence-corrected chi connectivity index (χ2v) is 5.06. The van der Waals surface area contributed by atoms with Gasteiger partial charge in [0.05, 0.1) is 6.10 Å². The quantitative estimate of drug-likeness (QED) is 0.739. The fraction of sp³-hybridized carbons (Fsp3) is 0.667.